The zero-order chi connectivity index (χ0) is 23.8. The number of aliphatic hydroxyl groups is 1. The molecule has 3 rings (SSSR count). The highest BCUT2D eigenvalue weighted by molar-refractivity contribution is 5.97. The predicted molar refractivity (Wildman–Crippen MR) is 114 cm³/mol. The van der Waals surface area contributed by atoms with Crippen molar-refractivity contribution in [3.8, 4) is 11.5 Å². The first-order valence-corrected chi connectivity index (χ1v) is 10.1. The van der Waals surface area contributed by atoms with Gasteiger partial charge >= 0.3 is 0 Å². The fourth-order valence-corrected chi connectivity index (χ4v) is 3.12. The number of Topliss-reactive ketones (excluding diaryl/α,β-unsaturated/α-hetero) is 1. The van der Waals surface area contributed by atoms with Gasteiger partial charge in [-0.25, -0.2) is 8.78 Å². The topological polar surface area (TPSA) is 111 Å². The van der Waals surface area contributed by atoms with Crippen LogP contribution in [0.15, 0.2) is 35.1 Å². The first kappa shape index (κ1) is 24.4. The summed E-state index contributed by atoms with van der Waals surface area (Å²) in [5.74, 6) is -2.45. The fourth-order valence-electron chi connectivity index (χ4n) is 3.12. The number of aromatic nitrogens is 3. The Morgan fingerprint density at radius 1 is 1.09 bits per heavy atom. The summed E-state index contributed by atoms with van der Waals surface area (Å²) in [4.78, 5) is 22.0. The van der Waals surface area contributed by atoms with E-state index in [-0.39, 0.29) is 29.3 Å². The molecular weight excluding hydrogens is 438 g/mol. The molecule has 0 bridgehead atoms. The van der Waals surface area contributed by atoms with Crippen LogP contribution in [0.1, 0.15) is 21.7 Å². The summed E-state index contributed by atoms with van der Waals surface area (Å²) in [6.07, 6.45) is 2.95. The van der Waals surface area contributed by atoms with Crippen LogP contribution in [0.2, 0.25) is 0 Å². The number of halogens is 2. The molecular formula is C22H24F2N4O5. The number of ketones is 1. The van der Waals surface area contributed by atoms with E-state index in [2.05, 4.69) is 15.1 Å². The summed E-state index contributed by atoms with van der Waals surface area (Å²) in [7, 11) is 3.24. The van der Waals surface area contributed by atoms with E-state index in [4.69, 9.17) is 19.1 Å². The molecule has 0 aliphatic carbocycles. The molecule has 11 heteroatoms. The van der Waals surface area contributed by atoms with Gasteiger partial charge < -0.3 is 24.0 Å². The number of pyridine rings is 1. The first-order valence-electron chi connectivity index (χ1n) is 10.1. The molecule has 0 aliphatic rings. The molecule has 2 heterocycles. The van der Waals surface area contributed by atoms with Gasteiger partial charge in [0.05, 0.1) is 30.7 Å². The van der Waals surface area contributed by atoms with Crippen molar-refractivity contribution in [3.63, 3.8) is 0 Å². The van der Waals surface area contributed by atoms with E-state index in [1.165, 1.54) is 0 Å². The Balaban J connectivity index is 1.81. The van der Waals surface area contributed by atoms with Crippen LogP contribution in [0.5, 0.6) is 0 Å². The number of carbonyl (C=O) groups is 1. The third-order valence-corrected chi connectivity index (χ3v) is 4.88. The molecule has 0 spiro atoms. The first-order chi connectivity index (χ1) is 16.0. The monoisotopic (exact) mass is 462 g/mol. The van der Waals surface area contributed by atoms with Gasteiger partial charge in [0.15, 0.2) is 11.6 Å². The summed E-state index contributed by atoms with van der Waals surface area (Å²) in [5.41, 5.74) is 0.770. The second-order valence-electron chi connectivity index (χ2n) is 7.10. The minimum absolute atomic E-state index is 0.0602. The van der Waals surface area contributed by atoms with Gasteiger partial charge in [-0.3, -0.25) is 9.78 Å². The summed E-state index contributed by atoms with van der Waals surface area (Å²) in [6, 6.07) is 3.56. The van der Waals surface area contributed by atoms with Crippen molar-refractivity contribution in [3.05, 3.63) is 59.2 Å². The predicted octanol–water partition coefficient (Wildman–Crippen LogP) is 2.27. The average Bonchev–Trinajstić information content (AvgIpc) is 3.29. The Hall–Kier alpha value is -3.28. The lowest BCUT2D eigenvalue weighted by atomic mass is 10.0. The second kappa shape index (κ2) is 11.5. The van der Waals surface area contributed by atoms with Crippen molar-refractivity contribution in [1.82, 2.24) is 15.1 Å². The van der Waals surface area contributed by atoms with Crippen molar-refractivity contribution in [2.75, 3.05) is 52.0 Å². The van der Waals surface area contributed by atoms with E-state index in [9.17, 15) is 13.6 Å². The quantitative estimate of drug-likeness (QED) is 0.405. The van der Waals surface area contributed by atoms with E-state index < -0.39 is 24.0 Å². The third kappa shape index (κ3) is 6.15. The minimum atomic E-state index is -0.936. The third-order valence-electron chi connectivity index (χ3n) is 4.88. The maximum atomic E-state index is 14.4. The van der Waals surface area contributed by atoms with Crippen molar-refractivity contribution in [2.24, 2.45) is 0 Å². The molecule has 0 fully saturated rings. The Bertz CT molecular complexity index is 1060. The molecule has 2 aromatic heterocycles. The molecule has 9 nitrogen and oxygen atoms in total. The van der Waals surface area contributed by atoms with Gasteiger partial charge in [0.2, 0.25) is 0 Å². The number of rotatable bonds is 12. The molecule has 0 amide bonds. The molecule has 33 heavy (non-hydrogen) atoms. The van der Waals surface area contributed by atoms with E-state index >= 15 is 0 Å². The van der Waals surface area contributed by atoms with Gasteiger partial charge in [0.25, 0.3) is 5.89 Å². The minimum Gasteiger partial charge on any atom is -0.388 e. The normalized spacial score (nSPS) is 11.1. The molecule has 3 aromatic rings. The fraction of sp³-hybridized carbons (Fsp3) is 0.364. The van der Waals surface area contributed by atoms with Gasteiger partial charge in [-0.2, -0.15) is 4.98 Å². The number of aliphatic hydroxyl groups excluding tert-OH is 1. The Kier molecular flexibility index (Phi) is 8.52. The van der Waals surface area contributed by atoms with Crippen LogP contribution < -0.4 is 4.90 Å². The Labute approximate surface area is 189 Å². The lowest BCUT2D eigenvalue weighted by molar-refractivity contribution is 0.0902. The second-order valence-corrected chi connectivity index (χ2v) is 7.10. The van der Waals surface area contributed by atoms with Crippen LogP contribution in [-0.4, -0.2) is 73.1 Å². The van der Waals surface area contributed by atoms with E-state index in [1.54, 1.807) is 26.6 Å². The van der Waals surface area contributed by atoms with E-state index in [0.717, 1.165) is 17.8 Å². The van der Waals surface area contributed by atoms with Crippen LogP contribution in [0.4, 0.5) is 14.5 Å². The van der Waals surface area contributed by atoms with Crippen LogP contribution in [0, 0.1) is 11.6 Å². The van der Waals surface area contributed by atoms with Gasteiger partial charge in [-0.1, -0.05) is 5.16 Å². The summed E-state index contributed by atoms with van der Waals surface area (Å²) < 4.78 is 44.3. The molecule has 0 atom stereocenters. The molecule has 0 aliphatic heterocycles. The largest absolute Gasteiger partial charge is 0.388 e. The molecule has 176 valence electrons. The van der Waals surface area contributed by atoms with Crippen LogP contribution in [-0.2, 0) is 15.9 Å². The van der Waals surface area contributed by atoms with Crippen molar-refractivity contribution in [1.29, 1.82) is 0 Å². The van der Waals surface area contributed by atoms with Gasteiger partial charge in [0, 0.05) is 51.1 Å². The van der Waals surface area contributed by atoms with Crippen LogP contribution in [0.25, 0.3) is 11.5 Å². The maximum Gasteiger partial charge on any atom is 0.259 e. The zero-order valence-corrected chi connectivity index (χ0v) is 18.3. The highest BCUT2D eigenvalue weighted by Crippen LogP contribution is 2.24. The summed E-state index contributed by atoms with van der Waals surface area (Å²) in [5, 5.41) is 12.7. The lowest BCUT2D eigenvalue weighted by Crippen LogP contribution is -2.30. The number of methoxy groups -OCH3 is 2. The summed E-state index contributed by atoms with van der Waals surface area (Å²) >= 11 is 0. The smallest absolute Gasteiger partial charge is 0.259 e. The number of ether oxygens (including phenoxy) is 2. The lowest BCUT2D eigenvalue weighted by Gasteiger charge is -2.24. The van der Waals surface area contributed by atoms with Gasteiger partial charge in [0.1, 0.15) is 18.2 Å². The molecule has 0 radical (unpaired) electrons. The molecule has 1 N–H and O–H groups in total. The number of hydrogen-bond acceptors (Lipinski definition) is 9. The maximum absolute atomic E-state index is 14.4. The number of hydrogen-bond donors (Lipinski definition) is 1. The molecule has 0 saturated heterocycles. The van der Waals surface area contributed by atoms with Crippen LogP contribution >= 0.6 is 0 Å². The van der Waals surface area contributed by atoms with Crippen molar-refractivity contribution in [2.45, 2.75) is 6.42 Å². The van der Waals surface area contributed by atoms with Crippen LogP contribution in [0.3, 0.4) is 0 Å². The number of benzene rings is 1. The van der Waals surface area contributed by atoms with Crippen molar-refractivity contribution < 1.29 is 32.7 Å². The molecule has 1 aromatic carbocycles. The summed E-state index contributed by atoms with van der Waals surface area (Å²) in [6.45, 7) is 1.42. The zero-order valence-electron chi connectivity index (χ0n) is 18.3. The molecule has 0 unspecified atom stereocenters. The average molecular weight is 462 g/mol. The van der Waals surface area contributed by atoms with Gasteiger partial charge in [-0.05, 0) is 18.2 Å². The van der Waals surface area contributed by atoms with E-state index in [0.29, 0.717) is 31.9 Å². The highest BCUT2D eigenvalue weighted by Gasteiger charge is 2.19. The number of anilines is 1. The number of nitrogens with zero attached hydrogens (tertiary/aromatic N) is 4. The van der Waals surface area contributed by atoms with E-state index in [1.807, 2.05) is 11.0 Å². The van der Waals surface area contributed by atoms with Crippen molar-refractivity contribution >= 4 is 11.5 Å². The Morgan fingerprint density at radius 2 is 1.76 bits per heavy atom. The SMILES string of the molecule is COCCN(CCOC)c1cncc(-c2nc(Cc3c(F)cc(C(=O)CO)cc3F)no2)c1. The standard InChI is InChI=1S/C22H24F2N4O5/c1-31-5-3-28(4-6-32-2)16-7-15(11-25-12-16)22-26-21(27-33-22)10-17-18(23)8-14(9-19(17)24)20(30)13-29/h7-9,11-12,29H,3-6,10,13H2,1-2H3. The number of carbonyl (C=O) groups excluding carboxylic acids is 1. The Morgan fingerprint density at radius 3 is 2.36 bits per heavy atom. The highest BCUT2D eigenvalue weighted by atomic mass is 19.1. The van der Waals surface area contributed by atoms with Gasteiger partial charge in [-0.15, -0.1) is 0 Å². The molecule has 0 saturated carbocycles.